The van der Waals surface area contributed by atoms with Gasteiger partial charge in [0.1, 0.15) is 5.75 Å². The van der Waals surface area contributed by atoms with Crippen molar-refractivity contribution in [3.05, 3.63) is 27.7 Å². The van der Waals surface area contributed by atoms with E-state index in [1.807, 2.05) is 19.1 Å². The number of β-amino-alcohol motifs (C(OH)–C–C–N with tert-alkyl or cyclic N) is 1. The van der Waals surface area contributed by atoms with E-state index >= 15 is 0 Å². The largest absolute Gasteiger partial charge is 0.506 e. The second-order valence-electron chi connectivity index (χ2n) is 4.43. The number of aliphatic hydroxyl groups excluding tert-OH is 1. The van der Waals surface area contributed by atoms with Crippen molar-refractivity contribution >= 4 is 15.9 Å². The summed E-state index contributed by atoms with van der Waals surface area (Å²) in [6, 6.07) is 3.89. The molecule has 0 amide bonds. The number of hydrogen-bond donors (Lipinski definition) is 2. The highest BCUT2D eigenvalue weighted by atomic mass is 79.9. The molecule has 88 valence electrons. The van der Waals surface area contributed by atoms with E-state index in [1.54, 1.807) is 0 Å². The van der Waals surface area contributed by atoms with Crippen molar-refractivity contribution in [1.82, 2.24) is 4.90 Å². The monoisotopic (exact) mass is 285 g/mol. The van der Waals surface area contributed by atoms with Crippen LogP contribution in [-0.2, 0) is 6.54 Å². The average Bonchev–Trinajstić information content (AvgIpc) is 2.60. The predicted molar refractivity (Wildman–Crippen MR) is 66.4 cm³/mol. The van der Waals surface area contributed by atoms with Gasteiger partial charge in [0.05, 0.1) is 10.6 Å². The Hall–Kier alpha value is -0.580. The molecule has 1 fully saturated rings. The Balaban J connectivity index is 2.15. The molecule has 0 spiro atoms. The fourth-order valence-electron chi connectivity index (χ4n) is 2.12. The van der Waals surface area contributed by atoms with Crippen LogP contribution in [0.4, 0.5) is 0 Å². The molecule has 0 aromatic heterocycles. The second-order valence-corrected chi connectivity index (χ2v) is 5.29. The smallest absolute Gasteiger partial charge is 0.134 e. The molecule has 16 heavy (non-hydrogen) atoms. The van der Waals surface area contributed by atoms with Gasteiger partial charge in [0.25, 0.3) is 0 Å². The predicted octanol–water partition coefficient (Wildman–Crippen LogP) is 2.03. The number of likely N-dealkylation sites (tertiary alicyclic amines) is 1. The third kappa shape index (κ3) is 2.56. The molecular formula is C12H16BrNO2. The lowest BCUT2D eigenvalue weighted by molar-refractivity contribution is 0.174. The third-order valence-electron chi connectivity index (χ3n) is 2.93. The molecule has 4 heteroatoms. The molecule has 0 radical (unpaired) electrons. The lowest BCUT2D eigenvalue weighted by atomic mass is 10.1. The summed E-state index contributed by atoms with van der Waals surface area (Å²) in [5.74, 6) is 0.312. The van der Waals surface area contributed by atoms with Crippen LogP contribution in [0.25, 0.3) is 0 Å². The summed E-state index contributed by atoms with van der Waals surface area (Å²) < 4.78 is 0.738. The number of aromatic hydroxyl groups is 1. The van der Waals surface area contributed by atoms with Crippen LogP contribution < -0.4 is 0 Å². The van der Waals surface area contributed by atoms with Gasteiger partial charge in [-0.25, -0.2) is 0 Å². The molecule has 1 saturated heterocycles. The minimum atomic E-state index is -0.213. The van der Waals surface area contributed by atoms with Crippen molar-refractivity contribution in [3.63, 3.8) is 0 Å². The van der Waals surface area contributed by atoms with Gasteiger partial charge in [0.2, 0.25) is 0 Å². The number of rotatable bonds is 2. The van der Waals surface area contributed by atoms with Crippen LogP contribution >= 0.6 is 15.9 Å². The van der Waals surface area contributed by atoms with Gasteiger partial charge in [-0.15, -0.1) is 0 Å². The van der Waals surface area contributed by atoms with Gasteiger partial charge in [-0.05, 0) is 40.9 Å². The number of nitrogens with zero attached hydrogens (tertiary/aromatic N) is 1. The molecule has 2 N–H and O–H groups in total. The number of aliphatic hydroxyl groups is 1. The van der Waals surface area contributed by atoms with Gasteiger partial charge in [-0.2, -0.15) is 0 Å². The van der Waals surface area contributed by atoms with Crippen LogP contribution in [0.15, 0.2) is 16.6 Å². The zero-order valence-corrected chi connectivity index (χ0v) is 10.9. The Morgan fingerprint density at radius 1 is 1.50 bits per heavy atom. The van der Waals surface area contributed by atoms with E-state index < -0.39 is 0 Å². The van der Waals surface area contributed by atoms with E-state index in [0.29, 0.717) is 18.8 Å². The van der Waals surface area contributed by atoms with Crippen LogP contribution in [0.2, 0.25) is 0 Å². The van der Waals surface area contributed by atoms with Crippen molar-refractivity contribution in [3.8, 4) is 5.75 Å². The highest BCUT2D eigenvalue weighted by Gasteiger charge is 2.21. The average molecular weight is 286 g/mol. The van der Waals surface area contributed by atoms with Gasteiger partial charge in [-0.1, -0.05) is 6.07 Å². The maximum absolute atomic E-state index is 9.91. The van der Waals surface area contributed by atoms with E-state index in [-0.39, 0.29) is 6.10 Å². The lowest BCUT2D eigenvalue weighted by Gasteiger charge is -2.16. The first-order valence-electron chi connectivity index (χ1n) is 5.44. The molecule has 0 bridgehead atoms. The maximum atomic E-state index is 9.91. The number of phenolic OH excluding ortho intramolecular Hbond substituents is 1. The zero-order chi connectivity index (χ0) is 11.7. The van der Waals surface area contributed by atoms with Crippen LogP contribution in [0.3, 0.4) is 0 Å². The topological polar surface area (TPSA) is 43.7 Å². The van der Waals surface area contributed by atoms with Crippen LogP contribution in [0.1, 0.15) is 17.5 Å². The van der Waals surface area contributed by atoms with Crippen LogP contribution in [0, 0.1) is 6.92 Å². The molecule has 0 saturated carbocycles. The number of benzene rings is 1. The molecule has 0 aliphatic carbocycles. The van der Waals surface area contributed by atoms with Crippen molar-refractivity contribution in [2.75, 3.05) is 13.1 Å². The summed E-state index contributed by atoms with van der Waals surface area (Å²) >= 11 is 3.34. The highest BCUT2D eigenvalue weighted by Crippen LogP contribution is 2.30. The Morgan fingerprint density at radius 3 is 2.88 bits per heavy atom. The fourth-order valence-corrected chi connectivity index (χ4v) is 2.74. The summed E-state index contributed by atoms with van der Waals surface area (Å²) in [4.78, 5) is 2.16. The van der Waals surface area contributed by atoms with E-state index in [9.17, 15) is 10.2 Å². The minimum absolute atomic E-state index is 0.213. The Kier molecular flexibility index (Phi) is 3.52. The normalized spacial score (nSPS) is 21.6. The molecule has 2 rings (SSSR count). The van der Waals surface area contributed by atoms with E-state index in [0.717, 1.165) is 28.6 Å². The van der Waals surface area contributed by atoms with E-state index in [4.69, 9.17) is 0 Å². The summed E-state index contributed by atoms with van der Waals surface area (Å²) in [6.45, 7) is 4.30. The number of halogens is 1. The van der Waals surface area contributed by atoms with Gasteiger partial charge in [0.15, 0.2) is 0 Å². The quantitative estimate of drug-likeness (QED) is 0.874. The van der Waals surface area contributed by atoms with Crippen molar-refractivity contribution < 1.29 is 10.2 Å². The summed E-state index contributed by atoms with van der Waals surface area (Å²) in [7, 11) is 0. The van der Waals surface area contributed by atoms with Crippen molar-refractivity contribution in [2.24, 2.45) is 0 Å². The standard InChI is InChI=1S/C12H16BrNO2/c1-8-4-9(12(16)11(13)5-8)6-14-3-2-10(15)7-14/h4-5,10,15-16H,2-3,6-7H2,1H3/t10-/m1/s1. The van der Waals surface area contributed by atoms with Crippen molar-refractivity contribution in [1.29, 1.82) is 0 Å². The van der Waals surface area contributed by atoms with Gasteiger partial charge >= 0.3 is 0 Å². The molecule has 1 aliphatic rings. The summed E-state index contributed by atoms with van der Waals surface area (Å²) in [5, 5.41) is 19.4. The molecule has 1 aromatic rings. The minimum Gasteiger partial charge on any atom is -0.506 e. The SMILES string of the molecule is Cc1cc(Br)c(O)c(CN2CC[C@@H](O)C2)c1. The summed E-state index contributed by atoms with van der Waals surface area (Å²) in [6.07, 6.45) is 0.615. The van der Waals surface area contributed by atoms with E-state index in [2.05, 4.69) is 20.8 Å². The number of phenols is 1. The second kappa shape index (κ2) is 4.73. The molecule has 1 atom stereocenters. The molecular weight excluding hydrogens is 270 g/mol. The van der Waals surface area contributed by atoms with Gasteiger partial charge < -0.3 is 10.2 Å². The Labute approximate surface area is 104 Å². The van der Waals surface area contributed by atoms with Gasteiger partial charge in [-0.3, -0.25) is 4.90 Å². The zero-order valence-electron chi connectivity index (χ0n) is 9.28. The molecule has 1 heterocycles. The molecule has 1 aliphatic heterocycles. The number of hydrogen-bond acceptors (Lipinski definition) is 3. The molecule has 3 nitrogen and oxygen atoms in total. The Morgan fingerprint density at radius 2 is 2.25 bits per heavy atom. The Bertz CT molecular complexity index is 395. The van der Waals surface area contributed by atoms with Gasteiger partial charge in [0, 0.05) is 25.2 Å². The van der Waals surface area contributed by atoms with Crippen LogP contribution in [-0.4, -0.2) is 34.3 Å². The first-order valence-corrected chi connectivity index (χ1v) is 6.24. The first-order chi connectivity index (χ1) is 7.56. The maximum Gasteiger partial charge on any atom is 0.134 e. The van der Waals surface area contributed by atoms with E-state index in [1.165, 1.54) is 0 Å². The summed E-state index contributed by atoms with van der Waals surface area (Å²) in [5.41, 5.74) is 2.04. The highest BCUT2D eigenvalue weighted by molar-refractivity contribution is 9.10. The third-order valence-corrected chi connectivity index (χ3v) is 3.53. The fraction of sp³-hybridized carbons (Fsp3) is 0.500. The lowest BCUT2D eigenvalue weighted by Crippen LogP contribution is -2.21. The molecule has 1 aromatic carbocycles. The first kappa shape index (κ1) is 11.9. The van der Waals surface area contributed by atoms with Crippen LogP contribution in [0.5, 0.6) is 5.75 Å². The molecule has 0 unspecified atom stereocenters. The van der Waals surface area contributed by atoms with Crippen molar-refractivity contribution in [2.45, 2.75) is 26.0 Å². The number of aryl methyl sites for hydroxylation is 1.